The quantitative estimate of drug-likeness (QED) is 0.652. The van der Waals surface area contributed by atoms with Crippen LogP contribution in [0.1, 0.15) is 25.7 Å². The highest BCUT2D eigenvalue weighted by molar-refractivity contribution is 5.64. The van der Waals surface area contributed by atoms with Crippen molar-refractivity contribution >= 4 is 11.4 Å². The summed E-state index contributed by atoms with van der Waals surface area (Å²) in [5.41, 5.74) is 0.664. The molecule has 108 valence electrons. The maximum absolute atomic E-state index is 11.2. The summed E-state index contributed by atoms with van der Waals surface area (Å²) in [5.74, 6) is 0.507. The average molecular weight is 277 g/mol. The number of fused-ring (bicyclic) bond motifs is 2. The van der Waals surface area contributed by atoms with Gasteiger partial charge in [0.2, 0.25) is 0 Å². The third kappa shape index (κ3) is 2.56. The monoisotopic (exact) mass is 277 g/mol. The molecular formula is C14H19N3O3. The molecule has 0 radical (unpaired) electrons. The number of rotatable bonds is 4. The summed E-state index contributed by atoms with van der Waals surface area (Å²) in [6.45, 7) is 0. The van der Waals surface area contributed by atoms with Crippen LogP contribution in [0.15, 0.2) is 18.2 Å². The van der Waals surface area contributed by atoms with E-state index in [1.807, 2.05) is 0 Å². The second-order valence-electron chi connectivity index (χ2n) is 5.59. The lowest BCUT2D eigenvalue weighted by Gasteiger charge is -2.30. The standard InChI is InChI=1S/C14H19N3O3/c1-20-12-4-5-13(14(8-12)17(18)19)16-11-6-9-2-3-10(7-11)15-9/h4-5,8-11,15-16H,2-3,6-7H2,1H3. The van der Waals surface area contributed by atoms with E-state index in [0.717, 1.165) is 12.8 Å². The summed E-state index contributed by atoms with van der Waals surface area (Å²) in [6, 6.07) is 6.39. The SMILES string of the molecule is COc1ccc(NC2CC3CCC(C2)N3)c([N+](=O)[O-])c1. The second kappa shape index (κ2) is 5.28. The smallest absolute Gasteiger partial charge is 0.296 e. The number of hydrogen-bond donors (Lipinski definition) is 2. The minimum absolute atomic E-state index is 0.0789. The molecule has 6 heteroatoms. The maximum atomic E-state index is 11.2. The summed E-state index contributed by atoms with van der Waals surface area (Å²) in [4.78, 5) is 10.8. The molecule has 3 rings (SSSR count). The van der Waals surface area contributed by atoms with Crippen LogP contribution < -0.4 is 15.4 Å². The van der Waals surface area contributed by atoms with Crippen molar-refractivity contribution in [3.8, 4) is 5.75 Å². The van der Waals surface area contributed by atoms with Crippen LogP contribution in [0.25, 0.3) is 0 Å². The van der Waals surface area contributed by atoms with Crippen molar-refractivity contribution in [3.05, 3.63) is 28.3 Å². The molecule has 2 atom stereocenters. The van der Waals surface area contributed by atoms with Crippen LogP contribution in [0.5, 0.6) is 5.75 Å². The minimum atomic E-state index is -0.361. The number of nitro groups is 1. The van der Waals surface area contributed by atoms with E-state index in [-0.39, 0.29) is 10.6 Å². The minimum Gasteiger partial charge on any atom is -0.496 e. The zero-order chi connectivity index (χ0) is 14.1. The molecule has 0 spiro atoms. The Kier molecular flexibility index (Phi) is 3.48. The van der Waals surface area contributed by atoms with Gasteiger partial charge in [-0.25, -0.2) is 0 Å². The molecular weight excluding hydrogens is 258 g/mol. The van der Waals surface area contributed by atoms with Gasteiger partial charge in [-0.3, -0.25) is 10.1 Å². The molecule has 0 saturated carbocycles. The Hall–Kier alpha value is -1.82. The third-order valence-electron chi connectivity index (χ3n) is 4.23. The van der Waals surface area contributed by atoms with Gasteiger partial charge in [-0.2, -0.15) is 0 Å². The van der Waals surface area contributed by atoms with Gasteiger partial charge in [-0.05, 0) is 37.8 Å². The van der Waals surface area contributed by atoms with E-state index in [2.05, 4.69) is 10.6 Å². The largest absolute Gasteiger partial charge is 0.496 e. The predicted molar refractivity (Wildman–Crippen MR) is 76.2 cm³/mol. The molecule has 1 aromatic rings. The topological polar surface area (TPSA) is 76.4 Å². The van der Waals surface area contributed by atoms with Crippen molar-refractivity contribution < 1.29 is 9.66 Å². The van der Waals surface area contributed by atoms with Gasteiger partial charge in [0.25, 0.3) is 5.69 Å². The fraction of sp³-hybridized carbons (Fsp3) is 0.571. The summed E-state index contributed by atoms with van der Waals surface area (Å²) in [7, 11) is 1.51. The summed E-state index contributed by atoms with van der Waals surface area (Å²) in [5, 5.41) is 18.1. The zero-order valence-electron chi connectivity index (χ0n) is 11.5. The summed E-state index contributed by atoms with van der Waals surface area (Å²) >= 11 is 0. The van der Waals surface area contributed by atoms with Crippen LogP contribution in [0.4, 0.5) is 11.4 Å². The highest BCUT2D eigenvalue weighted by atomic mass is 16.6. The Morgan fingerprint density at radius 2 is 2.05 bits per heavy atom. The van der Waals surface area contributed by atoms with Gasteiger partial charge in [0.1, 0.15) is 11.4 Å². The zero-order valence-corrected chi connectivity index (χ0v) is 11.5. The number of nitrogens with one attached hydrogen (secondary N) is 2. The fourth-order valence-electron chi connectivity index (χ4n) is 3.31. The molecule has 2 aliphatic rings. The van der Waals surface area contributed by atoms with Crippen molar-refractivity contribution in [2.24, 2.45) is 0 Å². The number of nitrogens with zero attached hydrogens (tertiary/aromatic N) is 1. The van der Waals surface area contributed by atoms with Crippen molar-refractivity contribution in [2.75, 3.05) is 12.4 Å². The predicted octanol–water partition coefficient (Wildman–Crippen LogP) is 2.30. The third-order valence-corrected chi connectivity index (χ3v) is 4.23. The van der Waals surface area contributed by atoms with E-state index >= 15 is 0 Å². The Balaban J connectivity index is 1.78. The van der Waals surface area contributed by atoms with Crippen molar-refractivity contribution in [3.63, 3.8) is 0 Å². The molecule has 6 nitrogen and oxygen atoms in total. The molecule has 0 aromatic heterocycles. The van der Waals surface area contributed by atoms with E-state index in [0.29, 0.717) is 29.6 Å². The average Bonchev–Trinajstić information content (AvgIpc) is 2.78. The lowest BCUT2D eigenvalue weighted by Crippen LogP contribution is -2.43. The van der Waals surface area contributed by atoms with Crippen molar-refractivity contribution in [1.82, 2.24) is 5.32 Å². The van der Waals surface area contributed by atoms with Gasteiger partial charge in [0.05, 0.1) is 18.1 Å². The number of ether oxygens (including phenoxy) is 1. The number of methoxy groups -OCH3 is 1. The molecule has 0 amide bonds. The number of benzene rings is 1. The van der Waals surface area contributed by atoms with E-state index in [4.69, 9.17) is 4.74 Å². The number of nitro benzene ring substituents is 1. The number of anilines is 1. The van der Waals surface area contributed by atoms with Gasteiger partial charge in [0, 0.05) is 18.1 Å². The Morgan fingerprint density at radius 3 is 2.65 bits per heavy atom. The molecule has 2 bridgehead atoms. The van der Waals surface area contributed by atoms with Crippen LogP contribution in [-0.4, -0.2) is 30.2 Å². The molecule has 0 aliphatic carbocycles. The number of hydrogen-bond acceptors (Lipinski definition) is 5. The molecule has 2 N–H and O–H groups in total. The van der Waals surface area contributed by atoms with Crippen LogP contribution >= 0.6 is 0 Å². The van der Waals surface area contributed by atoms with Gasteiger partial charge < -0.3 is 15.4 Å². The van der Waals surface area contributed by atoms with Crippen LogP contribution in [0, 0.1) is 10.1 Å². The van der Waals surface area contributed by atoms with Crippen LogP contribution in [0.3, 0.4) is 0 Å². The van der Waals surface area contributed by atoms with E-state index in [1.165, 1.54) is 26.0 Å². The van der Waals surface area contributed by atoms with Gasteiger partial charge >= 0.3 is 0 Å². The highest BCUT2D eigenvalue weighted by Gasteiger charge is 2.34. The first-order valence-electron chi connectivity index (χ1n) is 7.00. The van der Waals surface area contributed by atoms with Gasteiger partial charge in [0.15, 0.2) is 0 Å². The van der Waals surface area contributed by atoms with Crippen LogP contribution in [0.2, 0.25) is 0 Å². The second-order valence-corrected chi connectivity index (χ2v) is 5.59. The van der Waals surface area contributed by atoms with E-state index in [9.17, 15) is 10.1 Å². The lowest BCUT2D eigenvalue weighted by atomic mass is 9.99. The highest BCUT2D eigenvalue weighted by Crippen LogP contribution is 2.33. The summed E-state index contributed by atoms with van der Waals surface area (Å²) < 4.78 is 5.05. The Bertz CT molecular complexity index is 508. The number of piperidine rings is 1. The van der Waals surface area contributed by atoms with Crippen molar-refractivity contribution in [2.45, 2.75) is 43.8 Å². The van der Waals surface area contributed by atoms with E-state index in [1.54, 1.807) is 12.1 Å². The molecule has 2 fully saturated rings. The first kappa shape index (κ1) is 13.2. The van der Waals surface area contributed by atoms with Gasteiger partial charge in [-0.1, -0.05) is 0 Å². The maximum Gasteiger partial charge on any atom is 0.296 e. The Morgan fingerprint density at radius 1 is 1.35 bits per heavy atom. The first-order chi connectivity index (χ1) is 9.65. The molecule has 2 saturated heterocycles. The van der Waals surface area contributed by atoms with E-state index < -0.39 is 0 Å². The first-order valence-corrected chi connectivity index (χ1v) is 7.00. The lowest BCUT2D eigenvalue weighted by molar-refractivity contribution is -0.384. The van der Waals surface area contributed by atoms with Crippen LogP contribution in [-0.2, 0) is 0 Å². The fourth-order valence-corrected chi connectivity index (χ4v) is 3.31. The molecule has 2 unspecified atom stereocenters. The molecule has 2 heterocycles. The Labute approximate surface area is 117 Å². The normalized spacial score (nSPS) is 28.1. The van der Waals surface area contributed by atoms with Gasteiger partial charge in [-0.15, -0.1) is 0 Å². The molecule has 2 aliphatic heterocycles. The summed E-state index contributed by atoms with van der Waals surface area (Å²) in [6.07, 6.45) is 4.49. The van der Waals surface area contributed by atoms with Crippen molar-refractivity contribution in [1.29, 1.82) is 0 Å². The molecule has 1 aromatic carbocycles. The molecule has 20 heavy (non-hydrogen) atoms.